The molecule has 118 valence electrons. The van der Waals surface area contributed by atoms with Crippen molar-refractivity contribution in [2.75, 3.05) is 26.2 Å². The lowest BCUT2D eigenvalue weighted by Gasteiger charge is -2.31. The van der Waals surface area contributed by atoms with Gasteiger partial charge in [0.15, 0.2) is 0 Å². The lowest BCUT2D eigenvalue weighted by Crippen LogP contribution is -2.44. The van der Waals surface area contributed by atoms with Crippen LogP contribution in [0, 0.1) is 6.92 Å². The number of carbonyl (C=O) groups is 1. The molecule has 1 amide bonds. The van der Waals surface area contributed by atoms with Crippen LogP contribution in [0.2, 0.25) is 0 Å². The molecule has 0 bridgehead atoms. The van der Waals surface area contributed by atoms with E-state index in [-0.39, 0.29) is 12.0 Å². The molecule has 0 aromatic carbocycles. The quantitative estimate of drug-likeness (QED) is 0.908. The number of rotatable bonds is 5. The fourth-order valence-corrected chi connectivity index (χ4v) is 3.21. The van der Waals surface area contributed by atoms with Gasteiger partial charge < -0.3 is 14.5 Å². The van der Waals surface area contributed by atoms with E-state index in [4.69, 9.17) is 9.15 Å². The zero-order chi connectivity index (χ0) is 15.4. The van der Waals surface area contributed by atoms with Crippen molar-refractivity contribution < 1.29 is 13.9 Å². The smallest absolute Gasteiger partial charge is 0.234 e. The Morgan fingerprint density at radius 2 is 2.50 bits per heavy atom. The van der Waals surface area contributed by atoms with Crippen LogP contribution >= 0.6 is 11.3 Å². The molecular formula is C15H19N3O3S. The van der Waals surface area contributed by atoms with Gasteiger partial charge in [-0.2, -0.15) is 0 Å². The van der Waals surface area contributed by atoms with Crippen molar-refractivity contribution in [1.29, 1.82) is 0 Å². The van der Waals surface area contributed by atoms with E-state index in [0.29, 0.717) is 26.2 Å². The number of hydrogen-bond acceptors (Lipinski definition) is 6. The maximum absolute atomic E-state index is 12.0. The molecule has 0 saturated carbocycles. The van der Waals surface area contributed by atoms with Gasteiger partial charge in [-0.1, -0.05) is 0 Å². The molecule has 7 heteroatoms. The molecule has 2 aromatic rings. The van der Waals surface area contributed by atoms with Crippen LogP contribution in [0.5, 0.6) is 0 Å². The van der Waals surface area contributed by atoms with Crippen molar-refractivity contribution >= 4 is 17.2 Å². The first-order valence-electron chi connectivity index (χ1n) is 7.26. The van der Waals surface area contributed by atoms with Gasteiger partial charge in [-0.3, -0.25) is 9.69 Å². The Kier molecular flexibility index (Phi) is 4.87. The third kappa shape index (κ3) is 3.94. The molecule has 2 aromatic heterocycles. The average Bonchev–Trinajstić information content (AvgIpc) is 3.17. The molecule has 3 rings (SSSR count). The van der Waals surface area contributed by atoms with Gasteiger partial charge in [0, 0.05) is 24.2 Å². The van der Waals surface area contributed by atoms with Gasteiger partial charge in [-0.15, -0.1) is 11.3 Å². The van der Waals surface area contributed by atoms with Gasteiger partial charge in [0.05, 0.1) is 26.0 Å². The Labute approximate surface area is 133 Å². The third-order valence-corrected chi connectivity index (χ3v) is 4.52. The minimum absolute atomic E-state index is 0.00707. The second kappa shape index (κ2) is 7.04. The maximum atomic E-state index is 12.0. The van der Waals surface area contributed by atoms with E-state index in [1.165, 1.54) is 0 Å². The molecule has 0 radical (unpaired) electrons. The lowest BCUT2D eigenvalue weighted by atomic mass is 10.2. The molecule has 1 aliphatic rings. The van der Waals surface area contributed by atoms with E-state index < -0.39 is 0 Å². The molecule has 0 spiro atoms. The summed E-state index contributed by atoms with van der Waals surface area (Å²) in [6, 6.07) is 3.65. The Morgan fingerprint density at radius 3 is 3.23 bits per heavy atom. The number of aromatic nitrogens is 1. The van der Waals surface area contributed by atoms with Gasteiger partial charge in [0.25, 0.3) is 0 Å². The number of thiazole rings is 1. The number of aryl methyl sites for hydroxylation is 1. The van der Waals surface area contributed by atoms with Crippen molar-refractivity contribution in [3.8, 4) is 0 Å². The molecule has 1 fully saturated rings. The minimum Gasteiger partial charge on any atom is -0.467 e. The van der Waals surface area contributed by atoms with E-state index in [1.807, 2.05) is 24.4 Å². The first-order valence-corrected chi connectivity index (χ1v) is 8.14. The predicted octanol–water partition coefficient (Wildman–Crippen LogP) is 1.73. The minimum atomic E-state index is -0.0367. The summed E-state index contributed by atoms with van der Waals surface area (Å²) >= 11 is 1.61. The second-order valence-corrected chi connectivity index (χ2v) is 6.17. The number of morpholine rings is 1. The highest BCUT2D eigenvalue weighted by atomic mass is 32.1. The van der Waals surface area contributed by atoms with Crippen LogP contribution in [0.15, 0.2) is 28.2 Å². The number of hydrogen-bond donors (Lipinski definition) is 1. The van der Waals surface area contributed by atoms with Crippen LogP contribution in [0.1, 0.15) is 22.6 Å². The SMILES string of the molecule is Cc1csc([C@H]2CN(CC(=O)NCc3ccco3)CCO2)n1. The summed E-state index contributed by atoms with van der Waals surface area (Å²) in [7, 11) is 0. The van der Waals surface area contributed by atoms with Gasteiger partial charge in [0.2, 0.25) is 5.91 Å². The van der Waals surface area contributed by atoms with Gasteiger partial charge in [-0.05, 0) is 19.1 Å². The molecule has 0 aliphatic carbocycles. The number of ether oxygens (including phenoxy) is 1. The van der Waals surface area contributed by atoms with E-state index >= 15 is 0 Å². The molecule has 0 unspecified atom stereocenters. The highest BCUT2D eigenvalue weighted by Gasteiger charge is 2.25. The van der Waals surface area contributed by atoms with Crippen molar-refractivity contribution in [3.63, 3.8) is 0 Å². The Bertz CT molecular complexity index is 611. The van der Waals surface area contributed by atoms with Crippen LogP contribution < -0.4 is 5.32 Å². The lowest BCUT2D eigenvalue weighted by molar-refractivity contribution is -0.124. The van der Waals surface area contributed by atoms with Crippen molar-refractivity contribution in [2.24, 2.45) is 0 Å². The molecule has 6 nitrogen and oxygen atoms in total. The van der Waals surface area contributed by atoms with E-state index in [2.05, 4.69) is 15.2 Å². The molecular weight excluding hydrogens is 302 g/mol. The summed E-state index contributed by atoms with van der Waals surface area (Å²) < 4.78 is 11.0. The number of amides is 1. The number of nitrogens with one attached hydrogen (secondary N) is 1. The average molecular weight is 321 g/mol. The third-order valence-electron chi connectivity index (χ3n) is 3.47. The first kappa shape index (κ1) is 15.2. The number of carbonyl (C=O) groups excluding carboxylic acids is 1. The van der Waals surface area contributed by atoms with Crippen LogP contribution in [0.3, 0.4) is 0 Å². The summed E-state index contributed by atoms with van der Waals surface area (Å²) in [6.07, 6.45) is 1.56. The Balaban J connectivity index is 1.48. The van der Waals surface area contributed by atoms with Crippen LogP contribution in [0.4, 0.5) is 0 Å². The summed E-state index contributed by atoms with van der Waals surface area (Å²) in [5, 5.41) is 5.87. The second-order valence-electron chi connectivity index (χ2n) is 5.28. The van der Waals surface area contributed by atoms with Crippen molar-refractivity contribution in [3.05, 3.63) is 40.2 Å². The molecule has 3 heterocycles. The highest BCUT2D eigenvalue weighted by molar-refractivity contribution is 7.09. The monoisotopic (exact) mass is 321 g/mol. The Morgan fingerprint density at radius 1 is 1.59 bits per heavy atom. The van der Waals surface area contributed by atoms with Crippen LogP contribution in [-0.4, -0.2) is 42.0 Å². The normalized spacial score (nSPS) is 19.2. The largest absolute Gasteiger partial charge is 0.467 e. The van der Waals surface area contributed by atoms with Crippen LogP contribution in [0.25, 0.3) is 0 Å². The van der Waals surface area contributed by atoms with Gasteiger partial charge >= 0.3 is 0 Å². The van der Waals surface area contributed by atoms with Crippen LogP contribution in [-0.2, 0) is 16.1 Å². The molecule has 22 heavy (non-hydrogen) atoms. The fourth-order valence-electron chi connectivity index (χ4n) is 2.37. The predicted molar refractivity (Wildman–Crippen MR) is 82.5 cm³/mol. The van der Waals surface area contributed by atoms with E-state index in [1.54, 1.807) is 17.6 Å². The molecule has 1 saturated heterocycles. The molecule has 1 atom stereocenters. The molecule has 1 N–H and O–H groups in total. The zero-order valence-electron chi connectivity index (χ0n) is 12.4. The number of furan rings is 1. The van der Waals surface area contributed by atoms with Gasteiger partial charge in [-0.25, -0.2) is 4.98 Å². The van der Waals surface area contributed by atoms with Crippen molar-refractivity contribution in [1.82, 2.24) is 15.2 Å². The zero-order valence-corrected chi connectivity index (χ0v) is 13.3. The topological polar surface area (TPSA) is 67.6 Å². The standard InChI is InChI=1S/C15H19N3O3S/c1-11-10-22-15(17-11)13-8-18(4-6-21-13)9-14(19)16-7-12-3-2-5-20-12/h2-3,5,10,13H,4,6-9H2,1H3,(H,16,19)/t13-/m1/s1. The molecule has 1 aliphatic heterocycles. The number of nitrogens with zero attached hydrogens (tertiary/aromatic N) is 2. The summed E-state index contributed by atoms with van der Waals surface area (Å²) in [4.78, 5) is 18.6. The van der Waals surface area contributed by atoms with Crippen molar-refractivity contribution in [2.45, 2.75) is 19.6 Å². The summed E-state index contributed by atoms with van der Waals surface area (Å²) in [5.41, 5.74) is 1.01. The first-order chi connectivity index (χ1) is 10.7. The maximum Gasteiger partial charge on any atom is 0.234 e. The Hall–Kier alpha value is -1.70. The van der Waals surface area contributed by atoms with Gasteiger partial charge in [0.1, 0.15) is 16.9 Å². The van der Waals surface area contributed by atoms with E-state index in [9.17, 15) is 4.79 Å². The highest BCUT2D eigenvalue weighted by Crippen LogP contribution is 2.24. The fraction of sp³-hybridized carbons (Fsp3) is 0.467. The van der Waals surface area contributed by atoms with E-state index in [0.717, 1.165) is 23.0 Å². The summed E-state index contributed by atoms with van der Waals surface area (Å²) in [5.74, 6) is 0.749. The summed E-state index contributed by atoms with van der Waals surface area (Å²) in [6.45, 7) is 4.84.